The van der Waals surface area contributed by atoms with Crippen molar-refractivity contribution in [3.63, 3.8) is 0 Å². The Labute approximate surface area is 149 Å². The molecule has 8 nitrogen and oxygen atoms in total. The minimum Gasteiger partial charge on any atom is -0.333 e. The van der Waals surface area contributed by atoms with Crippen LogP contribution < -0.4 is 21.3 Å². The summed E-state index contributed by atoms with van der Waals surface area (Å²) in [6, 6.07) is 1.55. The summed E-state index contributed by atoms with van der Waals surface area (Å²) in [6.45, 7) is 13.8. The van der Waals surface area contributed by atoms with Crippen LogP contribution in [0.15, 0.2) is 6.07 Å². The van der Waals surface area contributed by atoms with E-state index in [0.717, 1.165) is 5.69 Å². The van der Waals surface area contributed by atoms with Crippen LogP contribution in [0.5, 0.6) is 0 Å². The van der Waals surface area contributed by atoms with E-state index in [-0.39, 0.29) is 28.9 Å². The van der Waals surface area contributed by atoms with Gasteiger partial charge in [0.1, 0.15) is 5.82 Å². The molecule has 2 heterocycles. The number of hydrogen-bond donors (Lipinski definition) is 4. The van der Waals surface area contributed by atoms with Crippen molar-refractivity contribution in [2.24, 2.45) is 0 Å². The van der Waals surface area contributed by atoms with Crippen LogP contribution in [0.3, 0.4) is 0 Å². The molecule has 2 rings (SSSR count). The average Bonchev–Trinajstić information content (AvgIpc) is 2.78. The summed E-state index contributed by atoms with van der Waals surface area (Å²) in [6.07, 6.45) is -0.0887. The van der Waals surface area contributed by atoms with Gasteiger partial charge in [0.25, 0.3) is 0 Å². The maximum atomic E-state index is 12.3. The molecule has 8 heteroatoms. The number of amides is 3. The molecule has 2 atom stereocenters. The van der Waals surface area contributed by atoms with Crippen LogP contribution >= 0.6 is 0 Å². The number of nitrogens with one attached hydrogen (secondary N) is 4. The molecule has 1 aromatic rings. The first-order valence-corrected chi connectivity index (χ1v) is 8.60. The van der Waals surface area contributed by atoms with Crippen molar-refractivity contribution in [2.75, 3.05) is 5.32 Å². The minimum absolute atomic E-state index is 0.0253. The van der Waals surface area contributed by atoms with Crippen LogP contribution in [-0.4, -0.2) is 33.3 Å². The largest absolute Gasteiger partial charge is 0.333 e. The van der Waals surface area contributed by atoms with E-state index in [4.69, 9.17) is 0 Å². The van der Waals surface area contributed by atoms with Gasteiger partial charge in [-0.05, 0) is 27.7 Å². The van der Waals surface area contributed by atoms with Crippen LogP contribution in [0.4, 0.5) is 10.6 Å². The molecule has 140 valence electrons. The molecular weight excluding hydrogens is 320 g/mol. The van der Waals surface area contributed by atoms with Gasteiger partial charge in [-0.15, -0.1) is 0 Å². The second-order valence-corrected chi connectivity index (χ2v) is 8.68. The number of aromatic nitrogens is 2. The number of carbonyl (C=O) groups is 2. The molecule has 1 aliphatic heterocycles. The van der Waals surface area contributed by atoms with E-state index in [9.17, 15) is 9.59 Å². The third-order valence-corrected chi connectivity index (χ3v) is 3.71. The number of anilines is 1. The molecule has 1 fully saturated rings. The van der Waals surface area contributed by atoms with Crippen molar-refractivity contribution < 1.29 is 9.59 Å². The Morgan fingerprint density at radius 1 is 1.28 bits per heavy atom. The van der Waals surface area contributed by atoms with E-state index in [2.05, 4.69) is 26.4 Å². The van der Waals surface area contributed by atoms with Gasteiger partial charge in [-0.2, -0.15) is 5.10 Å². The fourth-order valence-corrected chi connectivity index (χ4v) is 2.53. The first kappa shape index (κ1) is 19.2. The van der Waals surface area contributed by atoms with E-state index in [0.29, 0.717) is 12.2 Å². The second-order valence-electron chi connectivity index (χ2n) is 8.68. The van der Waals surface area contributed by atoms with Gasteiger partial charge in [0.15, 0.2) is 6.29 Å². The van der Waals surface area contributed by atoms with Gasteiger partial charge in [-0.3, -0.25) is 15.4 Å². The highest BCUT2D eigenvalue weighted by Gasteiger charge is 2.29. The molecule has 0 aromatic carbocycles. The molecule has 3 amide bonds. The van der Waals surface area contributed by atoms with E-state index in [1.54, 1.807) is 4.68 Å². The summed E-state index contributed by atoms with van der Waals surface area (Å²) in [5.41, 5.74) is 0.285. The van der Waals surface area contributed by atoms with Gasteiger partial charge in [0.2, 0.25) is 5.91 Å². The maximum absolute atomic E-state index is 12.3. The topological polar surface area (TPSA) is 100 Å². The maximum Gasteiger partial charge on any atom is 0.320 e. The molecule has 0 saturated carbocycles. The van der Waals surface area contributed by atoms with Crippen molar-refractivity contribution >= 4 is 17.8 Å². The quantitative estimate of drug-likeness (QED) is 0.656. The predicted molar refractivity (Wildman–Crippen MR) is 97.2 cm³/mol. The molecule has 1 aromatic heterocycles. The Bertz CT molecular complexity index is 653. The van der Waals surface area contributed by atoms with E-state index in [1.165, 1.54) is 0 Å². The third-order valence-electron chi connectivity index (χ3n) is 3.71. The fourth-order valence-electron chi connectivity index (χ4n) is 2.53. The lowest BCUT2D eigenvalue weighted by Crippen LogP contribution is -2.52. The molecular formula is C17H30N6O2. The van der Waals surface area contributed by atoms with E-state index >= 15 is 0 Å². The van der Waals surface area contributed by atoms with Crippen molar-refractivity contribution in [1.82, 2.24) is 25.7 Å². The number of hydrogen-bond acceptors (Lipinski definition) is 4. The molecule has 1 aliphatic rings. The van der Waals surface area contributed by atoms with Crippen LogP contribution in [0.2, 0.25) is 0 Å². The summed E-state index contributed by atoms with van der Waals surface area (Å²) in [7, 11) is 0. The molecule has 2 unspecified atom stereocenters. The van der Waals surface area contributed by atoms with Gasteiger partial charge in [0.05, 0.1) is 5.69 Å². The van der Waals surface area contributed by atoms with E-state index < -0.39 is 6.29 Å². The lowest BCUT2D eigenvalue weighted by atomic mass is 9.92. The average molecular weight is 350 g/mol. The smallest absolute Gasteiger partial charge is 0.320 e. The van der Waals surface area contributed by atoms with Gasteiger partial charge < -0.3 is 10.6 Å². The zero-order chi connectivity index (χ0) is 19.0. The van der Waals surface area contributed by atoms with Crippen molar-refractivity contribution in [3.8, 4) is 0 Å². The zero-order valence-corrected chi connectivity index (χ0v) is 16.2. The Balaban J connectivity index is 2.32. The van der Waals surface area contributed by atoms with Crippen molar-refractivity contribution in [3.05, 3.63) is 11.8 Å². The Kier molecular flexibility index (Phi) is 5.13. The van der Waals surface area contributed by atoms with Gasteiger partial charge >= 0.3 is 6.03 Å². The highest BCUT2D eigenvalue weighted by Crippen LogP contribution is 2.26. The van der Waals surface area contributed by atoms with Crippen LogP contribution in [0.1, 0.15) is 66.9 Å². The first-order valence-electron chi connectivity index (χ1n) is 8.60. The van der Waals surface area contributed by atoms with Gasteiger partial charge in [-0.25, -0.2) is 9.48 Å². The Morgan fingerprint density at radius 2 is 1.92 bits per heavy atom. The number of rotatable bonds is 2. The summed E-state index contributed by atoms with van der Waals surface area (Å²) in [5.74, 6) is 0.479. The summed E-state index contributed by atoms with van der Waals surface area (Å²) in [4.78, 5) is 24.2. The normalized spacial score (nSPS) is 21.6. The first-order chi connectivity index (χ1) is 11.3. The molecule has 1 saturated heterocycles. The molecule has 0 bridgehead atoms. The van der Waals surface area contributed by atoms with Crippen LogP contribution in [-0.2, 0) is 10.2 Å². The lowest BCUT2D eigenvalue weighted by Gasteiger charge is -2.30. The highest BCUT2D eigenvalue weighted by molar-refractivity contribution is 5.89. The standard InChI is InChI=1S/C17H30N6O2/c1-10-8-13(24)20-14(18-10)23-12(9-11(22-23)16(2,3)4)19-15(25)21-17(5,6)7/h9-10,14,18H,8H2,1-7H3,(H,20,24)(H2,19,21,25). The number of carbonyl (C=O) groups excluding carboxylic acids is 2. The summed E-state index contributed by atoms with van der Waals surface area (Å²) in [5, 5.41) is 16.5. The fraction of sp³-hybridized carbons (Fsp3) is 0.706. The number of nitrogens with zero attached hydrogens (tertiary/aromatic N) is 2. The summed E-state index contributed by atoms with van der Waals surface area (Å²) < 4.78 is 1.62. The van der Waals surface area contributed by atoms with Crippen molar-refractivity contribution in [1.29, 1.82) is 0 Å². The third kappa shape index (κ3) is 5.19. The minimum atomic E-state index is -0.503. The SMILES string of the molecule is CC1CC(=O)NC(n2nc(C(C)(C)C)cc2NC(=O)NC(C)(C)C)N1. The zero-order valence-electron chi connectivity index (χ0n) is 16.2. The molecule has 0 radical (unpaired) electrons. The molecule has 25 heavy (non-hydrogen) atoms. The van der Waals surface area contributed by atoms with E-state index in [1.807, 2.05) is 54.5 Å². The van der Waals surface area contributed by atoms with Crippen LogP contribution in [0, 0.1) is 0 Å². The van der Waals surface area contributed by atoms with Crippen LogP contribution in [0.25, 0.3) is 0 Å². The van der Waals surface area contributed by atoms with Gasteiger partial charge in [-0.1, -0.05) is 20.8 Å². The Hall–Kier alpha value is -2.09. The summed E-state index contributed by atoms with van der Waals surface area (Å²) >= 11 is 0. The molecule has 0 spiro atoms. The molecule has 0 aliphatic carbocycles. The monoisotopic (exact) mass is 350 g/mol. The second kappa shape index (κ2) is 6.67. The lowest BCUT2D eigenvalue weighted by molar-refractivity contribution is -0.125. The molecule has 4 N–H and O–H groups in total. The Morgan fingerprint density at radius 3 is 2.44 bits per heavy atom. The predicted octanol–water partition coefficient (Wildman–Crippen LogP) is 2.05. The van der Waals surface area contributed by atoms with Crippen molar-refractivity contribution in [2.45, 2.75) is 78.2 Å². The number of urea groups is 1. The van der Waals surface area contributed by atoms with Gasteiger partial charge in [0, 0.05) is 29.5 Å². The highest BCUT2D eigenvalue weighted by atomic mass is 16.2.